The number of nitrogens with zero attached hydrogens (tertiary/aromatic N) is 2. The summed E-state index contributed by atoms with van der Waals surface area (Å²) in [7, 11) is 0. The summed E-state index contributed by atoms with van der Waals surface area (Å²) >= 11 is 1.49. The summed E-state index contributed by atoms with van der Waals surface area (Å²) in [6, 6.07) is 6.25. The molecular weight excluding hydrogens is 394 g/mol. The molecule has 0 amide bonds. The summed E-state index contributed by atoms with van der Waals surface area (Å²) in [6.07, 6.45) is 4.56. The molecule has 2 heterocycles. The second-order valence-electron chi connectivity index (χ2n) is 7.66. The van der Waals surface area contributed by atoms with Crippen molar-refractivity contribution in [1.82, 2.24) is 14.9 Å². The van der Waals surface area contributed by atoms with Gasteiger partial charge in [-0.25, -0.2) is 4.98 Å². The van der Waals surface area contributed by atoms with E-state index in [4.69, 9.17) is 4.98 Å². The minimum Gasteiger partial charge on any atom is -0.392 e. The molecule has 1 unspecified atom stereocenters. The van der Waals surface area contributed by atoms with E-state index in [1.807, 2.05) is 10.3 Å². The molecule has 3 rings (SSSR count). The Hall–Kier alpha value is -2.54. The van der Waals surface area contributed by atoms with Gasteiger partial charge in [0.2, 0.25) is 0 Å². The second kappa shape index (κ2) is 9.98. The number of nitrogens with one attached hydrogen (secondary N) is 1. The van der Waals surface area contributed by atoms with Crippen LogP contribution in [-0.4, -0.2) is 39.2 Å². The van der Waals surface area contributed by atoms with E-state index in [1.165, 1.54) is 16.9 Å². The molecule has 0 spiro atoms. The molecule has 0 aliphatic carbocycles. The zero-order valence-electron chi connectivity index (χ0n) is 17.6. The van der Waals surface area contributed by atoms with E-state index in [1.54, 1.807) is 12.2 Å². The van der Waals surface area contributed by atoms with E-state index in [2.05, 4.69) is 50.2 Å². The smallest absolute Gasteiger partial charge is 0.260 e. The van der Waals surface area contributed by atoms with Crippen molar-refractivity contribution < 1.29 is 5.11 Å². The average molecular weight is 424 g/mol. The first-order valence-electron chi connectivity index (χ1n) is 10.1. The van der Waals surface area contributed by atoms with Crippen molar-refractivity contribution in [2.24, 2.45) is 0 Å². The lowest BCUT2D eigenvalue weighted by molar-refractivity contribution is 0.107. The number of aliphatic hydroxyl groups excluding tert-OH is 1. The summed E-state index contributed by atoms with van der Waals surface area (Å²) in [6.45, 7) is 13.2. The first kappa shape index (κ1) is 22.2. The predicted molar refractivity (Wildman–Crippen MR) is 126 cm³/mol. The first-order chi connectivity index (χ1) is 14.4. The van der Waals surface area contributed by atoms with Crippen LogP contribution in [0.25, 0.3) is 21.3 Å². The molecule has 1 aromatic carbocycles. The third-order valence-electron chi connectivity index (χ3n) is 5.10. The Bertz CT molecular complexity index is 1100. The zero-order valence-corrected chi connectivity index (χ0v) is 18.5. The van der Waals surface area contributed by atoms with E-state index in [-0.39, 0.29) is 5.56 Å². The molecule has 2 aromatic heterocycles. The number of aromatic amines is 1. The Kier molecular flexibility index (Phi) is 7.37. The lowest BCUT2D eigenvalue weighted by Crippen LogP contribution is -2.33. The number of aromatic nitrogens is 2. The maximum absolute atomic E-state index is 12.9. The maximum atomic E-state index is 12.9. The average Bonchev–Trinajstić information content (AvgIpc) is 3.11. The molecule has 0 aliphatic rings. The van der Waals surface area contributed by atoms with Crippen molar-refractivity contribution >= 4 is 21.6 Å². The SMILES string of the molecule is C=CCCC(O)CN(CC=C)Cc1nc2scc(-c3ccc(C)cc3C)c2c(=O)[nH]1. The van der Waals surface area contributed by atoms with Gasteiger partial charge in [-0.05, 0) is 37.8 Å². The molecule has 0 fully saturated rings. The molecule has 30 heavy (non-hydrogen) atoms. The molecule has 0 saturated heterocycles. The number of rotatable bonds is 10. The topological polar surface area (TPSA) is 69.2 Å². The normalized spacial score (nSPS) is 12.4. The number of fused-ring (bicyclic) bond motifs is 1. The quantitative estimate of drug-likeness (QED) is 0.468. The number of H-pyrrole nitrogens is 1. The van der Waals surface area contributed by atoms with Gasteiger partial charge in [0.25, 0.3) is 5.56 Å². The molecular formula is C24H29N3O2S. The van der Waals surface area contributed by atoms with Crippen LogP contribution in [0.1, 0.15) is 29.8 Å². The lowest BCUT2D eigenvalue weighted by atomic mass is 9.99. The Morgan fingerprint density at radius 2 is 2.07 bits per heavy atom. The highest BCUT2D eigenvalue weighted by molar-refractivity contribution is 7.17. The van der Waals surface area contributed by atoms with Crippen LogP contribution in [0, 0.1) is 13.8 Å². The van der Waals surface area contributed by atoms with E-state index < -0.39 is 6.10 Å². The molecule has 0 radical (unpaired) electrons. The minimum absolute atomic E-state index is 0.128. The molecule has 1 atom stereocenters. The van der Waals surface area contributed by atoms with Gasteiger partial charge in [0.15, 0.2) is 0 Å². The van der Waals surface area contributed by atoms with Crippen molar-refractivity contribution in [3.63, 3.8) is 0 Å². The maximum Gasteiger partial charge on any atom is 0.260 e. The minimum atomic E-state index is -0.462. The number of aryl methyl sites for hydroxylation is 2. The van der Waals surface area contributed by atoms with Crippen LogP contribution in [-0.2, 0) is 6.54 Å². The molecule has 2 N–H and O–H groups in total. The van der Waals surface area contributed by atoms with Gasteiger partial charge in [0, 0.05) is 24.0 Å². The van der Waals surface area contributed by atoms with Crippen LogP contribution >= 0.6 is 11.3 Å². The first-order valence-corrected chi connectivity index (χ1v) is 11.0. The molecule has 6 heteroatoms. The van der Waals surface area contributed by atoms with Crippen LogP contribution in [0.3, 0.4) is 0 Å². The van der Waals surface area contributed by atoms with Crippen LogP contribution < -0.4 is 5.56 Å². The lowest BCUT2D eigenvalue weighted by Gasteiger charge is -2.23. The summed E-state index contributed by atoms with van der Waals surface area (Å²) in [5.74, 6) is 0.597. The molecule has 0 bridgehead atoms. The number of benzene rings is 1. The largest absolute Gasteiger partial charge is 0.392 e. The summed E-state index contributed by atoms with van der Waals surface area (Å²) < 4.78 is 0. The molecule has 158 valence electrons. The highest BCUT2D eigenvalue weighted by Crippen LogP contribution is 2.33. The van der Waals surface area contributed by atoms with Crippen molar-refractivity contribution in [3.8, 4) is 11.1 Å². The van der Waals surface area contributed by atoms with Gasteiger partial charge in [-0.15, -0.1) is 24.5 Å². The third kappa shape index (κ3) is 5.14. The van der Waals surface area contributed by atoms with Gasteiger partial charge >= 0.3 is 0 Å². The fraction of sp³-hybridized carbons (Fsp3) is 0.333. The second-order valence-corrected chi connectivity index (χ2v) is 8.52. The van der Waals surface area contributed by atoms with Crippen LogP contribution in [0.4, 0.5) is 0 Å². The summed E-state index contributed by atoms with van der Waals surface area (Å²) in [5, 5.41) is 12.9. The third-order valence-corrected chi connectivity index (χ3v) is 5.97. The van der Waals surface area contributed by atoms with Crippen LogP contribution in [0.5, 0.6) is 0 Å². The standard InChI is InChI=1S/C24H29N3O2S/c1-5-7-8-18(28)13-27(11-6-2)14-21-25-23(29)22-20(15-30-24(22)26-21)19-10-9-16(3)12-17(19)4/h5-6,9-10,12,15,18,28H,1-2,7-8,11,13-14H2,3-4H3,(H,25,26,29). The van der Waals surface area contributed by atoms with Gasteiger partial charge in [0.05, 0.1) is 18.0 Å². The van der Waals surface area contributed by atoms with E-state index in [9.17, 15) is 9.90 Å². The van der Waals surface area contributed by atoms with E-state index in [0.717, 1.165) is 27.9 Å². The highest BCUT2D eigenvalue weighted by atomic mass is 32.1. The number of hydrogen-bond donors (Lipinski definition) is 2. The van der Waals surface area contributed by atoms with Crippen molar-refractivity contribution in [2.45, 2.75) is 39.3 Å². The van der Waals surface area contributed by atoms with Gasteiger partial charge in [0.1, 0.15) is 10.7 Å². The van der Waals surface area contributed by atoms with Gasteiger partial charge in [-0.2, -0.15) is 0 Å². The number of allylic oxidation sites excluding steroid dienone is 1. The number of hydrogen-bond acceptors (Lipinski definition) is 5. The highest BCUT2D eigenvalue weighted by Gasteiger charge is 2.17. The van der Waals surface area contributed by atoms with Crippen LogP contribution in [0.15, 0.2) is 53.7 Å². The van der Waals surface area contributed by atoms with Gasteiger partial charge < -0.3 is 10.1 Å². The van der Waals surface area contributed by atoms with Crippen molar-refractivity contribution in [1.29, 1.82) is 0 Å². The van der Waals surface area contributed by atoms with Crippen LogP contribution in [0.2, 0.25) is 0 Å². The van der Waals surface area contributed by atoms with Gasteiger partial charge in [-0.1, -0.05) is 35.9 Å². The molecule has 0 aliphatic heterocycles. The Morgan fingerprint density at radius 3 is 2.77 bits per heavy atom. The summed E-state index contributed by atoms with van der Waals surface area (Å²) in [4.78, 5) is 23.4. The molecule has 5 nitrogen and oxygen atoms in total. The Morgan fingerprint density at radius 1 is 1.27 bits per heavy atom. The number of aliphatic hydroxyl groups is 1. The van der Waals surface area contributed by atoms with E-state index >= 15 is 0 Å². The fourth-order valence-corrected chi connectivity index (χ4v) is 4.64. The zero-order chi connectivity index (χ0) is 21.7. The predicted octanol–water partition coefficient (Wildman–Crippen LogP) is 4.58. The monoisotopic (exact) mass is 423 g/mol. The Balaban J connectivity index is 1.88. The Labute approximate surface area is 181 Å². The fourth-order valence-electron chi connectivity index (χ4n) is 3.68. The molecule has 0 saturated carbocycles. The van der Waals surface area contributed by atoms with Crippen molar-refractivity contribution in [2.75, 3.05) is 13.1 Å². The number of thiophene rings is 1. The molecule has 3 aromatic rings. The van der Waals surface area contributed by atoms with Gasteiger partial charge in [-0.3, -0.25) is 9.69 Å². The summed E-state index contributed by atoms with van der Waals surface area (Å²) in [5.41, 5.74) is 4.20. The van der Waals surface area contributed by atoms with Crippen molar-refractivity contribution in [3.05, 3.63) is 76.2 Å². The van der Waals surface area contributed by atoms with E-state index in [0.29, 0.717) is 37.3 Å².